The van der Waals surface area contributed by atoms with Crippen LogP contribution in [-0.4, -0.2) is 45.2 Å². The first-order valence-electron chi connectivity index (χ1n) is 5.88. The second kappa shape index (κ2) is 6.95. The van der Waals surface area contributed by atoms with Gasteiger partial charge in [0.1, 0.15) is 0 Å². The molecule has 1 aliphatic heterocycles. The third kappa shape index (κ3) is 3.64. The van der Waals surface area contributed by atoms with E-state index < -0.39 is 10.0 Å². The summed E-state index contributed by atoms with van der Waals surface area (Å²) in [7, 11) is -1.71. The first kappa shape index (κ1) is 16.8. The van der Waals surface area contributed by atoms with Crippen LogP contribution in [0, 0.1) is 0 Å². The minimum absolute atomic E-state index is 0. The van der Waals surface area contributed by atoms with Gasteiger partial charge in [-0.25, -0.2) is 8.42 Å². The highest BCUT2D eigenvalue weighted by atomic mass is 35.5. The standard InChI is InChI=1S/C12H18N2O2S2.ClH/c1-14(10-6-7-13-9-10)18(15,16)12-5-3-4-11(8-12)17-2;/h3-5,8,10,13H,6-7,9H2,1-2H3;1H. The molecule has 1 unspecified atom stereocenters. The lowest BCUT2D eigenvalue weighted by Gasteiger charge is -2.23. The first-order chi connectivity index (χ1) is 8.55. The molecule has 0 spiro atoms. The van der Waals surface area contributed by atoms with E-state index in [1.807, 2.05) is 12.3 Å². The zero-order valence-electron chi connectivity index (χ0n) is 11.0. The average Bonchev–Trinajstić information content (AvgIpc) is 2.91. The van der Waals surface area contributed by atoms with Crippen LogP contribution in [0.3, 0.4) is 0 Å². The van der Waals surface area contributed by atoms with Crippen LogP contribution in [0.2, 0.25) is 0 Å². The van der Waals surface area contributed by atoms with Gasteiger partial charge in [-0.05, 0) is 37.4 Å². The van der Waals surface area contributed by atoms with Gasteiger partial charge in [0.2, 0.25) is 10.0 Å². The van der Waals surface area contributed by atoms with Gasteiger partial charge in [0.15, 0.2) is 0 Å². The predicted octanol–water partition coefficient (Wildman–Crippen LogP) is 1.81. The van der Waals surface area contributed by atoms with E-state index in [0.29, 0.717) is 4.90 Å². The Kier molecular flexibility index (Phi) is 6.14. The van der Waals surface area contributed by atoms with Gasteiger partial charge in [-0.3, -0.25) is 0 Å². The molecule has 1 aromatic carbocycles. The fourth-order valence-corrected chi connectivity index (χ4v) is 4.04. The van der Waals surface area contributed by atoms with Crippen molar-refractivity contribution in [2.24, 2.45) is 0 Å². The molecule has 0 saturated carbocycles. The Labute approximate surface area is 125 Å². The van der Waals surface area contributed by atoms with Gasteiger partial charge in [0, 0.05) is 24.5 Å². The summed E-state index contributed by atoms with van der Waals surface area (Å²) in [4.78, 5) is 1.35. The van der Waals surface area contributed by atoms with Crippen molar-refractivity contribution in [2.45, 2.75) is 22.3 Å². The monoisotopic (exact) mass is 322 g/mol. The second-order valence-electron chi connectivity index (χ2n) is 4.35. The van der Waals surface area contributed by atoms with Crippen LogP contribution in [0.15, 0.2) is 34.1 Å². The van der Waals surface area contributed by atoms with Crippen LogP contribution in [0.1, 0.15) is 6.42 Å². The van der Waals surface area contributed by atoms with E-state index in [1.165, 1.54) is 4.31 Å². The summed E-state index contributed by atoms with van der Waals surface area (Å²) in [5.74, 6) is 0. The Bertz CT molecular complexity index is 516. The molecule has 0 radical (unpaired) electrons. The molecule has 1 fully saturated rings. The molecule has 4 nitrogen and oxygen atoms in total. The maximum Gasteiger partial charge on any atom is 0.243 e. The van der Waals surface area contributed by atoms with Crippen molar-refractivity contribution in [3.63, 3.8) is 0 Å². The van der Waals surface area contributed by atoms with Gasteiger partial charge in [-0.1, -0.05) is 6.07 Å². The van der Waals surface area contributed by atoms with Gasteiger partial charge in [0.25, 0.3) is 0 Å². The van der Waals surface area contributed by atoms with E-state index in [0.717, 1.165) is 24.4 Å². The summed E-state index contributed by atoms with van der Waals surface area (Å²) >= 11 is 1.55. The number of nitrogens with one attached hydrogen (secondary N) is 1. The average molecular weight is 323 g/mol. The van der Waals surface area contributed by atoms with Crippen molar-refractivity contribution in [3.05, 3.63) is 24.3 Å². The van der Waals surface area contributed by atoms with E-state index >= 15 is 0 Å². The normalized spacial score (nSPS) is 19.4. The number of hydrogen-bond donors (Lipinski definition) is 1. The largest absolute Gasteiger partial charge is 0.315 e. The zero-order valence-corrected chi connectivity index (χ0v) is 13.4. The highest BCUT2D eigenvalue weighted by molar-refractivity contribution is 7.98. The quantitative estimate of drug-likeness (QED) is 0.859. The lowest BCUT2D eigenvalue weighted by molar-refractivity contribution is 0.387. The minimum Gasteiger partial charge on any atom is -0.315 e. The van der Waals surface area contributed by atoms with Crippen LogP contribution in [0.4, 0.5) is 0 Å². The van der Waals surface area contributed by atoms with Gasteiger partial charge in [0.05, 0.1) is 4.90 Å². The van der Waals surface area contributed by atoms with E-state index in [9.17, 15) is 8.42 Å². The van der Waals surface area contributed by atoms with Gasteiger partial charge < -0.3 is 5.32 Å². The third-order valence-electron chi connectivity index (χ3n) is 3.27. The van der Waals surface area contributed by atoms with Gasteiger partial charge in [-0.15, -0.1) is 24.2 Å². The van der Waals surface area contributed by atoms with Crippen molar-refractivity contribution in [1.82, 2.24) is 9.62 Å². The molecule has 0 aliphatic carbocycles. The lowest BCUT2D eigenvalue weighted by Crippen LogP contribution is -2.38. The smallest absolute Gasteiger partial charge is 0.243 e. The summed E-state index contributed by atoms with van der Waals surface area (Å²) in [5, 5.41) is 3.19. The first-order valence-corrected chi connectivity index (χ1v) is 8.55. The third-order valence-corrected chi connectivity index (χ3v) is 5.90. The van der Waals surface area contributed by atoms with E-state index in [-0.39, 0.29) is 18.4 Å². The van der Waals surface area contributed by atoms with E-state index in [1.54, 1.807) is 37.0 Å². The Hall–Kier alpha value is -0.270. The number of rotatable bonds is 4. The maximum absolute atomic E-state index is 12.5. The maximum atomic E-state index is 12.5. The summed E-state index contributed by atoms with van der Waals surface area (Å²) in [5.41, 5.74) is 0. The molecule has 19 heavy (non-hydrogen) atoms. The Balaban J connectivity index is 0.00000180. The lowest BCUT2D eigenvalue weighted by atomic mass is 10.3. The summed E-state index contributed by atoms with van der Waals surface area (Å²) in [6, 6.07) is 7.17. The SMILES string of the molecule is CSc1cccc(S(=O)(=O)N(C)C2CCNC2)c1.Cl. The van der Waals surface area contributed by atoms with Crippen LogP contribution < -0.4 is 5.32 Å². The summed E-state index contributed by atoms with van der Waals surface area (Å²) < 4.78 is 26.4. The summed E-state index contributed by atoms with van der Waals surface area (Å²) in [6.45, 7) is 1.62. The van der Waals surface area contributed by atoms with E-state index in [2.05, 4.69) is 5.32 Å². The predicted molar refractivity (Wildman–Crippen MR) is 81.7 cm³/mol. The van der Waals surface area contributed by atoms with Crippen LogP contribution in [0.5, 0.6) is 0 Å². The topological polar surface area (TPSA) is 49.4 Å². The molecule has 1 aromatic rings. The van der Waals surface area contributed by atoms with Crippen molar-refractivity contribution in [1.29, 1.82) is 0 Å². The molecule has 0 amide bonds. The Morgan fingerprint density at radius 2 is 2.16 bits per heavy atom. The Morgan fingerprint density at radius 1 is 1.42 bits per heavy atom. The highest BCUT2D eigenvalue weighted by Gasteiger charge is 2.29. The van der Waals surface area contributed by atoms with E-state index in [4.69, 9.17) is 0 Å². The molecule has 1 N–H and O–H groups in total. The van der Waals surface area contributed by atoms with Crippen molar-refractivity contribution in [3.8, 4) is 0 Å². The number of hydrogen-bond acceptors (Lipinski definition) is 4. The molecule has 1 atom stereocenters. The number of thioether (sulfide) groups is 1. The molecular weight excluding hydrogens is 304 g/mol. The molecule has 0 bridgehead atoms. The fraction of sp³-hybridized carbons (Fsp3) is 0.500. The Morgan fingerprint density at radius 3 is 2.74 bits per heavy atom. The molecule has 7 heteroatoms. The van der Waals surface area contributed by atoms with Crippen molar-refractivity contribution in [2.75, 3.05) is 26.4 Å². The number of benzene rings is 1. The molecule has 2 rings (SSSR count). The molecular formula is C12H19ClN2O2S2. The molecule has 1 aliphatic rings. The number of likely N-dealkylation sites (N-methyl/N-ethyl adjacent to an activating group) is 1. The summed E-state index contributed by atoms with van der Waals surface area (Å²) in [6.07, 6.45) is 2.81. The number of nitrogens with zero attached hydrogens (tertiary/aromatic N) is 1. The van der Waals surface area contributed by atoms with Gasteiger partial charge in [-0.2, -0.15) is 4.31 Å². The van der Waals surface area contributed by atoms with Crippen LogP contribution in [-0.2, 0) is 10.0 Å². The molecule has 0 aromatic heterocycles. The fourth-order valence-electron chi connectivity index (χ4n) is 2.07. The van der Waals surface area contributed by atoms with Crippen LogP contribution >= 0.6 is 24.2 Å². The zero-order chi connectivity index (χ0) is 13.2. The highest BCUT2D eigenvalue weighted by Crippen LogP contribution is 2.23. The number of halogens is 1. The van der Waals surface area contributed by atoms with Crippen molar-refractivity contribution < 1.29 is 8.42 Å². The molecule has 108 valence electrons. The minimum atomic E-state index is -3.37. The van der Waals surface area contributed by atoms with Gasteiger partial charge >= 0.3 is 0 Å². The molecule has 1 saturated heterocycles. The molecule has 1 heterocycles. The second-order valence-corrected chi connectivity index (χ2v) is 7.22. The number of sulfonamides is 1. The van der Waals surface area contributed by atoms with Crippen LogP contribution in [0.25, 0.3) is 0 Å². The van der Waals surface area contributed by atoms with Crippen molar-refractivity contribution >= 4 is 34.2 Å².